The van der Waals surface area contributed by atoms with E-state index in [2.05, 4.69) is 24.4 Å². The fraction of sp³-hybridized carbons (Fsp3) is 0.667. The molecule has 1 aromatic rings. The SMILES string of the molecule is Cc1ccc(CNCC(O)COC(C)C)s1. The maximum absolute atomic E-state index is 9.60. The highest BCUT2D eigenvalue weighted by atomic mass is 32.1. The van der Waals surface area contributed by atoms with Crippen molar-refractivity contribution in [2.45, 2.75) is 39.5 Å². The van der Waals surface area contributed by atoms with E-state index in [4.69, 9.17) is 4.74 Å². The molecule has 1 unspecified atom stereocenters. The van der Waals surface area contributed by atoms with Gasteiger partial charge in [0.2, 0.25) is 0 Å². The molecule has 92 valence electrons. The van der Waals surface area contributed by atoms with Crippen molar-refractivity contribution in [1.82, 2.24) is 5.32 Å². The highest BCUT2D eigenvalue weighted by molar-refractivity contribution is 7.11. The first-order chi connectivity index (χ1) is 7.58. The van der Waals surface area contributed by atoms with Gasteiger partial charge < -0.3 is 15.2 Å². The van der Waals surface area contributed by atoms with Crippen LogP contribution in [0.1, 0.15) is 23.6 Å². The Morgan fingerprint density at radius 1 is 1.44 bits per heavy atom. The predicted octanol–water partition coefficient (Wildman–Crippen LogP) is 1.93. The van der Waals surface area contributed by atoms with Crippen molar-refractivity contribution >= 4 is 11.3 Å². The van der Waals surface area contributed by atoms with Crippen LogP contribution in [0, 0.1) is 6.92 Å². The molecule has 2 N–H and O–H groups in total. The second-order valence-electron chi connectivity index (χ2n) is 4.18. The molecule has 0 fully saturated rings. The molecule has 1 rings (SSSR count). The van der Waals surface area contributed by atoms with E-state index in [-0.39, 0.29) is 6.10 Å². The van der Waals surface area contributed by atoms with E-state index in [1.54, 1.807) is 11.3 Å². The van der Waals surface area contributed by atoms with Crippen LogP contribution in [0.3, 0.4) is 0 Å². The highest BCUT2D eigenvalue weighted by Crippen LogP contribution is 2.14. The standard InChI is InChI=1S/C12H21NO2S/c1-9(2)15-8-11(14)6-13-7-12-5-4-10(3)16-12/h4-5,9,11,13-14H,6-8H2,1-3H3. The van der Waals surface area contributed by atoms with Gasteiger partial charge >= 0.3 is 0 Å². The zero-order chi connectivity index (χ0) is 12.0. The Kier molecular flexibility index (Phi) is 5.98. The van der Waals surface area contributed by atoms with Crippen LogP contribution in [0.25, 0.3) is 0 Å². The number of nitrogens with one attached hydrogen (secondary N) is 1. The van der Waals surface area contributed by atoms with E-state index in [1.165, 1.54) is 9.75 Å². The minimum absolute atomic E-state index is 0.176. The average molecular weight is 243 g/mol. The van der Waals surface area contributed by atoms with Crippen molar-refractivity contribution in [3.63, 3.8) is 0 Å². The minimum Gasteiger partial charge on any atom is -0.389 e. The summed E-state index contributed by atoms with van der Waals surface area (Å²) >= 11 is 1.78. The quantitative estimate of drug-likeness (QED) is 0.769. The molecule has 16 heavy (non-hydrogen) atoms. The molecule has 3 nitrogen and oxygen atoms in total. The third kappa shape index (κ3) is 5.61. The van der Waals surface area contributed by atoms with Crippen LogP contribution in [0.4, 0.5) is 0 Å². The van der Waals surface area contributed by atoms with Crippen molar-refractivity contribution in [3.05, 3.63) is 21.9 Å². The van der Waals surface area contributed by atoms with Gasteiger partial charge in [-0.15, -0.1) is 11.3 Å². The van der Waals surface area contributed by atoms with Gasteiger partial charge in [-0.3, -0.25) is 0 Å². The van der Waals surface area contributed by atoms with Gasteiger partial charge in [0.05, 0.1) is 18.8 Å². The van der Waals surface area contributed by atoms with Crippen LogP contribution in [0.15, 0.2) is 12.1 Å². The second-order valence-corrected chi connectivity index (χ2v) is 5.55. The van der Waals surface area contributed by atoms with E-state index in [0.717, 1.165) is 6.54 Å². The number of aliphatic hydroxyl groups is 1. The van der Waals surface area contributed by atoms with E-state index in [9.17, 15) is 5.11 Å². The van der Waals surface area contributed by atoms with Crippen molar-refractivity contribution < 1.29 is 9.84 Å². The van der Waals surface area contributed by atoms with Gasteiger partial charge in [-0.25, -0.2) is 0 Å². The van der Waals surface area contributed by atoms with Crippen molar-refractivity contribution in [2.24, 2.45) is 0 Å². The molecule has 0 amide bonds. The van der Waals surface area contributed by atoms with Gasteiger partial charge in [0, 0.05) is 22.8 Å². The maximum Gasteiger partial charge on any atom is 0.0897 e. The Morgan fingerprint density at radius 2 is 2.19 bits per heavy atom. The minimum atomic E-state index is -0.427. The predicted molar refractivity (Wildman–Crippen MR) is 67.9 cm³/mol. The fourth-order valence-electron chi connectivity index (χ4n) is 1.30. The van der Waals surface area contributed by atoms with E-state index >= 15 is 0 Å². The first-order valence-electron chi connectivity index (χ1n) is 5.63. The van der Waals surface area contributed by atoms with Crippen LogP contribution >= 0.6 is 11.3 Å². The van der Waals surface area contributed by atoms with Gasteiger partial charge in [-0.2, -0.15) is 0 Å². The monoisotopic (exact) mass is 243 g/mol. The lowest BCUT2D eigenvalue weighted by Crippen LogP contribution is -2.30. The van der Waals surface area contributed by atoms with Crippen LogP contribution < -0.4 is 5.32 Å². The molecule has 0 saturated heterocycles. The zero-order valence-electron chi connectivity index (χ0n) is 10.2. The third-order valence-corrected chi connectivity index (χ3v) is 3.10. The van der Waals surface area contributed by atoms with Crippen LogP contribution in [-0.2, 0) is 11.3 Å². The summed E-state index contributed by atoms with van der Waals surface area (Å²) in [6.45, 7) is 7.82. The van der Waals surface area contributed by atoms with Gasteiger partial charge in [-0.05, 0) is 32.9 Å². The fourth-order valence-corrected chi connectivity index (χ4v) is 2.16. The molecule has 0 radical (unpaired) electrons. The summed E-state index contributed by atoms with van der Waals surface area (Å²) in [5, 5.41) is 12.8. The number of rotatable bonds is 7. The Bertz CT molecular complexity index is 299. The lowest BCUT2D eigenvalue weighted by atomic mass is 10.3. The summed E-state index contributed by atoms with van der Waals surface area (Å²) < 4.78 is 5.32. The van der Waals surface area contributed by atoms with E-state index in [1.807, 2.05) is 13.8 Å². The maximum atomic E-state index is 9.60. The first kappa shape index (κ1) is 13.6. The largest absolute Gasteiger partial charge is 0.389 e. The average Bonchev–Trinajstić information content (AvgIpc) is 2.61. The molecule has 0 aromatic carbocycles. The zero-order valence-corrected chi connectivity index (χ0v) is 11.0. The van der Waals surface area contributed by atoms with Crippen LogP contribution in [0.5, 0.6) is 0 Å². The molecule has 1 heterocycles. The molecule has 0 aliphatic carbocycles. The van der Waals surface area contributed by atoms with Gasteiger partial charge in [0.25, 0.3) is 0 Å². The molecule has 4 heteroatoms. The normalized spacial score (nSPS) is 13.3. The van der Waals surface area contributed by atoms with Gasteiger partial charge in [-0.1, -0.05) is 0 Å². The van der Waals surface area contributed by atoms with E-state index in [0.29, 0.717) is 13.2 Å². The van der Waals surface area contributed by atoms with E-state index < -0.39 is 6.10 Å². The smallest absolute Gasteiger partial charge is 0.0897 e. The lowest BCUT2D eigenvalue weighted by molar-refractivity contribution is 0.00632. The molecule has 0 spiro atoms. The Morgan fingerprint density at radius 3 is 2.75 bits per heavy atom. The van der Waals surface area contributed by atoms with Crippen LogP contribution in [-0.4, -0.2) is 30.5 Å². The molecular formula is C12H21NO2S. The van der Waals surface area contributed by atoms with Crippen molar-refractivity contribution in [2.75, 3.05) is 13.2 Å². The van der Waals surface area contributed by atoms with Crippen molar-refractivity contribution in [3.8, 4) is 0 Å². The Hall–Kier alpha value is -0.420. The number of ether oxygens (including phenoxy) is 1. The van der Waals surface area contributed by atoms with Gasteiger partial charge in [0.1, 0.15) is 0 Å². The third-order valence-electron chi connectivity index (χ3n) is 2.10. The Balaban J connectivity index is 2.10. The molecule has 0 aliphatic rings. The second kappa shape index (κ2) is 7.01. The number of thiophene rings is 1. The summed E-state index contributed by atoms with van der Waals surface area (Å²) in [6.07, 6.45) is -0.252. The molecule has 0 bridgehead atoms. The first-order valence-corrected chi connectivity index (χ1v) is 6.45. The number of aryl methyl sites for hydroxylation is 1. The number of hydrogen-bond donors (Lipinski definition) is 2. The highest BCUT2D eigenvalue weighted by Gasteiger charge is 2.05. The summed E-state index contributed by atoms with van der Waals surface area (Å²) in [5.41, 5.74) is 0. The summed E-state index contributed by atoms with van der Waals surface area (Å²) in [6, 6.07) is 4.23. The number of aliphatic hydroxyl groups excluding tert-OH is 1. The molecule has 0 saturated carbocycles. The molecular weight excluding hydrogens is 222 g/mol. The molecule has 1 aromatic heterocycles. The molecule has 1 atom stereocenters. The summed E-state index contributed by atoms with van der Waals surface area (Å²) in [5.74, 6) is 0. The lowest BCUT2D eigenvalue weighted by Gasteiger charge is -2.13. The topological polar surface area (TPSA) is 41.5 Å². The Labute approximate surface area is 101 Å². The van der Waals surface area contributed by atoms with Crippen LogP contribution in [0.2, 0.25) is 0 Å². The van der Waals surface area contributed by atoms with Gasteiger partial charge in [0.15, 0.2) is 0 Å². The summed E-state index contributed by atoms with van der Waals surface area (Å²) in [7, 11) is 0. The molecule has 0 aliphatic heterocycles. The van der Waals surface area contributed by atoms with Crippen molar-refractivity contribution in [1.29, 1.82) is 0 Å². The number of hydrogen-bond acceptors (Lipinski definition) is 4. The summed E-state index contributed by atoms with van der Waals surface area (Å²) in [4.78, 5) is 2.62.